The largest absolute Gasteiger partial charge is 0.381 e. The molecule has 2 aromatic carbocycles. The molecule has 110 valence electrons. The molecule has 2 aromatic rings. The summed E-state index contributed by atoms with van der Waals surface area (Å²) in [7, 11) is 0. The van der Waals surface area contributed by atoms with Crippen LogP contribution in [0.1, 0.15) is 34.0 Å². The van der Waals surface area contributed by atoms with Gasteiger partial charge in [-0.2, -0.15) is 0 Å². The first-order valence-corrected chi connectivity index (χ1v) is 7.28. The molecule has 0 atom stereocenters. The lowest BCUT2D eigenvalue weighted by Gasteiger charge is -2.12. The Kier molecular flexibility index (Phi) is 4.99. The molecule has 0 aliphatic heterocycles. The molecule has 0 spiro atoms. The Balaban J connectivity index is 2.10. The third-order valence-electron chi connectivity index (χ3n) is 3.44. The van der Waals surface area contributed by atoms with Crippen LogP contribution < -0.4 is 10.6 Å². The fourth-order valence-corrected chi connectivity index (χ4v) is 2.12. The molecule has 0 aromatic heterocycles. The summed E-state index contributed by atoms with van der Waals surface area (Å²) >= 11 is 0. The van der Waals surface area contributed by atoms with Crippen molar-refractivity contribution in [1.29, 1.82) is 0 Å². The van der Waals surface area contributed by atoms with E-state index in [0.717, 1.165) is 17.8 Å². The zero-order chi connectivity index (χ0) is 15.2. The Bertz CT molecular complexity index is 618. The monoisotopic (exact) mass is 282 g/mol. The summed E-state index contributed by atoms with van der Waals surface area (Å²) in [6.07, 6.45) is 0. The molecule has 0 fully saturated rings. The summed E-state index contributed by atoms with van der Waals surface area (Å²) in [6.45, 7) is 7.43. The molecule has 21 heavy (non-hydrogen) atoms. The van der Waals surface area contributed by atoms with Gasteiger partial charge in [0.25, 0.3) is 5.91 Å². The van der Waals surface area contributed by atoms with Crippen LogP contribution in [0.2, 0.25) is 0 Å². The van der Waals surface area contributed by atoms with Gasteiger partial charge in [-0.3, -0.25) is 4.79 Å². The maximum Gasteiger partial charge on any atom is 0.251 e. The summed E-state index contributed by atoms with van der Waals surface area (Å²) in [5.41, 5.74) is 5.31. The van der Waals surface area contributed by atoms with Crippen LogP contribution in [0.15, 0.2) is 42.5 Å². The minimum absolute atomic E-state index is 0.0316. The molecule has 2 rings (SSSR count). The number of hydrogen-bond donors (Lipinski definition) is 2. The third-order valence-corrected chi connectivity index (χ3v) is 3.44. The van der Waals surface area contributed by atoms with Crippen molar-refractivity contribution >= 4 is 11.6 Å². The SMILES string of the molecule is CCNC(=O)c1ccc(C)c(NCc2ccc(C)cc2)c1. The first-order valence-electron chi connectivity index (χ1n) is 7.28. The molecule has 0 saturated heterocycles. The van der Waals surface area contributed by atoms with E-state index in [9.17, 15) is 4.79 Å². The van der Waals surface area contributed by atoms with Crippen LogP contribution >= 0.6 is 0 Å². The van der Waals surface area contributed by atoms with Crippen molar-refractivity contribution in [2.24, 2.45) is 0 Å². The maximum absolute atomic E-state index is 11.9. The first-order chi connectivity index (χ1) is 10.1. The van der Waals surface area contributed by atoms with Crippen LogP contribution in [0, 0.1) is 13.8 Å². The second-order valence-electron chi connectivity index (χ2n) is 5.23. The van der Waals surface area contributed by atoms with E-state index in [0.29, 0.717) is 12.1 Å². The third kappa shape index (κ3) is 4.09. The minimum Gasteiger partial charge on any atom is -0.381 e. The van der Waals surface area contributed by atoms with E-state index in [1.165, 1.54) is 11.1 Å². The molecule has 1 amide bonds. The van der Waals surface area contributed by atoms with Crippen molar-refractivity contribution < 1.29 is 4.79 Å². The van der Waals surface area contributed by atoms with Gasteiger partial charge in [0.1, 0.15) is 0 Å². The van der Waals surface area contributed by atoms with E-state index >= 15 is 0 Å². The van der Waals surface area contributed by atoms with E-state index in [2.05, 4.69) is 41.8 Å². The van der Waals surface area contributed by atoms with Gasteiger partial charge in [0, 0.05) is 24.3 Å². The van der Waals surface area contributed by atoms with Crippen LogP contribution in [0.5, 0.6) is 0 Å². The number of carbonyl (C=O) groups is 1. The average Bonchev–Trinajstić information content (AvgIpc) is 2.48. The lowest BCUT2D eigenvalue weighted by Crippen LogP contribution is -2.22. The van der Waals surface area contributed by atoms with Crippen molar-refractivity contribution in [2.75, 3.05) is 11.9 Å². The number of rotatable bonds is 5. The van der Waals surface area contributed by atoms with Crippen molar-refractivity contribution in [2.45, 2.75) is 27.3 Å². The number of hydrogen-bond acceptors (Lipinski definition) is 2. The topological polar surface area (TPSA) is 41.1 Å². The van der Waals surface area contributed by atoms with Gasteiger partial charge in [0.15, 0.2) is 0 Å². The van der Waals surface area contributed by atoms with Crippen molar-refractivity contribution in [1.82, 2.24) is 5.32 Å². The van der Waals surface area contributed by atoms with Gasteiger partial charge >= 0.3 is 0 Å². The lowest BCUT2D eigenvalue weighted by molar-refractivity contribution is 0.0956. The van der Waals surface area contributed by atoms with E-state index in [1.54, 1.807) is 0 Å². The fraction of sp³-hybridized carbons (Fsp3) is 0.278. The molecule has 3 nitrogen and oxygen atoms in total. The van der Waals surface area contributed by atoms with Gasteiger partial charge < -0.3 is 10.6 Å². The van der Waals surface area contributed by atoms with Crippen LogP contribution in [-0.4, -0.2) is 12.5 Å². The van der Waals surface area contributed by atoms with E-state index in [1.807, 2.05) is 32.0 Å². The fourth-order valence-electron chi connectivity index (χ4n) is 2.12. The van der Waals surface area contributed by atoms with Gasteiger partial charge in [-0.1, -0.05) is 35.9 Å². The van der Waals surface area contributed by atoms with E-state index in [-0.39, 0.29) is 5.91 Å². The minimum atomic E-state index is -0.0316. The average molecular weight is 282 g/mol. The molecule has 3 heteroatoms. The summed E-state index contributed by atoms with van der Waals surface area (Å²) in [6, 6.07) is 14.2. The number of carbonyl (C=O) groups excluding carboxylic acids is 1. The molecule has 0 aliphatic carbocycles. The standard InChI is InChI=1S/C18H22N2O/c1-4-19-18(21)16-10-7-14(3)17(11-16)20-12-15-8-5-13(2)6-9-15/h5-11,20H,4,12H2,1-3H3,(H,19,21). The van der Waals surface area contributed by atoms with Crippen molar-refractivity contribution in [3.8, 4) is 0 Å². The number of benzene rings is 2. The van der Waals surface area contributed by atoms with Gasteiger partial charge in [-0.15, -0.1) is 0 Å². The van der Waals surface area contributed by atoms with E-state index in [4.69, 9.17) is 0 Å². The zero-order valence-electron chi connectivity index (χ0n) is 12.9. The molecule has 2 N–H and O–H groups in total. The van der Waals surface area contributed by atoms with Crippen LogP contribution in [-0.2, 0) is 6.54 Å². The Morgan fingerprint density at radius 1 is 1.05 bits per heavy atom. The molecule has 0 aliphatic rings. The zero-order valence-corrected chi connectivity index (χ0v) is 12.9. The normalized spacial score (nSPS) is 10.2. The highest BCUT2D eigenvalue weighted by Gasteiger charge is 2.07. The van der Waals surface area contributed by atoms with Crippen LogP contribution in [0.25, 0.3) is 0 Å². The summed E-state index contributed by atoms with van der Waals surface area (Å²) < 4.78 is 0. The van der Waals surface area contributed by atoms with Crippen molar-refractivity contribution in [3.05, 3.63) is 64.7 Å². The van der Waals surface area contributed by atoms with Crippen LogP contribution in [0.3, 0.4) is 0 Å². The first kappa shape index (κ1) is 15.1. The van der Waals surface area contributed by atoms with Gasteiger partial charge in [0.05, 0.1) is 0 Å². The number of aryl methyl sites for hydroxylation is 2. The van der Waals surface area contributed by atoms with Crippen LogP contribution in [0.4, 0.5) is 5.69 Å². The molecule has 0 unspecified atom stereocenters. The number of anilines is 1. The molecule has 0 radical (unpaired) electrons. The molecular formula is C18H22N2O. The quantitative estimate of drug-likeness (QED) is 0.878. The highest BCUT2D eigenvalue weighted by Crippen LogP contribution is 2.18. The van der Waals surface area contributed by atoms with Gasteiger partial charge in [-0.05, 0) is 44.0 Å². The lowest BCUT2D eigenvalue weighted by atomic mass is 10.1. The summed E-state index contributed by atoms with van der Waals surface area (Å²) in [5.74, 6) is -0.0316. The Labute approximate surface area is 126 Å². The molecule has 0 heterocycles. The Morgan fingerprint density at radius 2 is 1.76 bits per heavy atom. The van der Waals surface area contributed by atoms with Gasteiger partial charge in [-0.25, -0.2) is 0 Å². The Hall–Kier alpha value is -2.29. The Morgan fingerprint density at radius 3 is 2.43 bits per heavy atom. The van der Waals surface area contributed by atoms with Gasteiger partial charge in [0.2, 0.25) is 0 Å². The highest BCUT2D eigenvalue weighted by atomic mass is 16.1. The second-order valence-corrected chi connectivity index (χ2v) is 5.23. The maximum atomic E-state index is 11.9. The number of nitrogens with one attached hydrogen (secondary N) is 2. The predicted molar refractivity (Wildman–Crippen MR) is 87.7 cm³/mol. The molecular weight excluding hydrogens is 260 g/mol. The molecule has 0 bridgehead atoms. The number of amides is 1. The second kappa shape index (κ2) is 6.93. The summed E-state index contributed by atoms with van der Waals surface area (Å²) in [5, 5.41) is 6.23. The van der Waals surface area contributed by atoms with Crippen molar-refractivity contribution in [3.63, 3.8) is 0 Å². The predicted octanol–water partition coefficient (Wildman–Crippen LogP) is 3.67. The highest BCUT2D eigenvalue weighted by molar-refractivity contribution is 5.95. The smallest absolute Gasteiger partial charge is 0.251 e. The molecule has 0 saturated carbocycles. The van der Waals surface area contributed by atoms with E-state index < -0.39 is 0 Å². The summed E-state index contributed by atoms with van der Waals surface area (Å²) in [4.78, 5) is 11.9.